The van der Waals surface area contributed by atoms with Crippen LogP contribution in [0.4, 0.5) is 11.4 Å². The van der Waals surface area contributed by atoms with Crippen LogP contribution in [-0.4, -0.2) is 52.9 Å². The zero-order valence-electron chi connectivity index (χ0n) is 14.7. The smallest absolute Gasteiger partial charge is 0.300 e. The van der Waals surface area contributed by atoms with E-state index < -0.39 is 4.92 Å². The minimum Gasteiger partial charge on any atom is -0.367 e. The van der Waals surface area contributed by atoms with Crippen LogP contribution in [0.25, 0.3) is 17.1 Å². The fourth-order valence-corrected chi connectivity index (χ4v) is 3.32. The van der Waals surface area contributed by atoms with Gasteiger partial charge in [-0.3, -0.25) is 15.0 Å². The summed E-state index contributed by atoms with van der Waals surface area (Å²) < 4.78 is 4.75. The van der Waals surface area contributed by atoms with E-state index in [1.54, 1.807) is 6.07 Å². The van der Waals surface area contributed by atoms with Crippen LogP contribution in [0.5, 0.6) is 0 Å². The minimum atomic E-state index is -0.465. The molecule has 0 unspecified atom stereocenters. The maximum atomic E-state index is 11.1. The van der Waals surface area contributed by atoms with Crippen LogP contribution < -0.4 is 4.90 Å². The van der Waals surface area contributed by atoms with Crippen molar-refractivity contribution in [2.45, 2.75) is 0 Å². The van der Waals surface area contributed by atoms with Crippen molar-refractivity contribution in [1.29, 1.82) is 0 Å². The van der Waals surface area contributed by atoms with E-state index in [0.717, 1.165) is 38.4 Å². The monoisotopic (exact) mass is 365 g/mol. The van der Waals surface area contributed by atoms with E-state index in [9.17, 15) is 10.1 Å². The van der Waals surface area contributed by atoms with Gasteiger partial charge in [0.15, 0.2) is 5.52 Å². The molecule has 1 fully saturated rings. The highest BCUT2D eigenvalue weighted by molar-refractivity contribution is 5.93. The van der Waals surface area contributed by atoms with Crippen molar-refractivity contribution in [2.24, 2.45) is 0 Å². The highest BCUT2D eigenvalue weighted by atomic mass is 16.6. The number of rotatable bonds is 5. The highest BCUT2D eigenvalue weighted by Crippen LogP contribution is 2.31. The number of non-ortho nitro benzene ring substituents is 1. The molecule has 27 heavy (non-hydrogen) atoms. The van der Waals surface area contributed by atoms with Crippen LogP contribution in [0.1, 0.15) is 5.56 Å². The standard InChI is InChI=1S/C19H19N5O3/c25-24(26)17-9-8-16(18-19(17)21-27-20-18)23-13-11-22(12-14-23)10-4-7-15-5-2-1-3-6-15/h1-9H,10-14H2/b7-4+. The van der Waals surface area contributed by atoms with Crippen molar-refractivity contribution in [3.05, 3.63) is 64.2 Å². The van der Waals surface area contributed by atoms with Gasteiger partial charge < -0.3 is 4.90 Å². The number of nitro benzene ring substituents is 1. The van der Waals surface area contributed by atoms with Crippen LogP contribution in [-0.2, 0) is 0 Å². The number of piperazine rings is 1. The summed E-state index contributed by atoms with van der Waals surface area (Å²) in [5, 5.41) is 18.7. The Morgan fingerprint density at radius 1 is 1.04 bits per heavy atom. The molecule has 0 spiro atoms. The molecule has 1 aliphatic heterocycles. The number of fused-ring (bicyclic) bond motifs is 1. The van der Waals surface area contributed by atoms with Gasteiger partial charge in [0, 0.05) is 38.8 Å². The first-order valence-corrected chi connectivity index (χ1v) is 8.81. The Morgan fingerprint density at radius 3 is 2.52 bits per heavy atom. The van der Waals surface area contributed by atoms with Crippen LogP contribution >= 0.6 is 0 Å². The van der Waals surface area contributed by atoms with E-state index in [-0.39, 0.29) is 11.2 Å². The Bertz CT molecular complexity index is 962. The molecule has 8 heteroatoms. The van der Waals surface area contributed by atoms with E-state index in [4.69, 9.17) is 4.63 Å². The van der Waals surface area contributed by atoms with Gasteiger partial charge in [-0.2, -0.15) is 0 Å². The Labute approximate surface area is 155 Å². The third-order valence-corrected chi connectivity index (χ3v) is 4.76. The van der Waals surface area contributed by atoms with Gasteiger partial charge in [-0.05, 0) is 21.9 Å². The molecule has 0 aliphatic carbocycles. The number of aromatic nitrogens is 2. The zero-order chi connectivity index (χ0) is 18.6. The predicted octanol–water partition coefficient (Wildman–Crippen LogP) is 2.97. The van der Waals surface area contributed by atoms with E-state index >= 15 is 0 Å². The fraction of sp³-hybridized carbons (Fsp3) is 0.263. The first-order chi connectivity index (χ1) is 13.2. The topological polar surface area (TPSA) is 88.5 Å². The quantitative estimate of drug-likeness (QED) is 0.507. The molecule has 0 saturated carbocycles. The zero-order valence-corrected chi connectivity index (χ0v) is 14.7. The molecule has 8 nitrogen and oxygen atoms in total. The van der Waals surface area contributed by atoms with Gasteiger partial charge in [0.05, 0.1) is 10.6 Å². The molecule has 1 aromatic heterocycles. The first-order valence-electron chi connectivity index (χ1n) is 8.81. The van der Waals surface area contributed by atoms with Crippen LogP contribution in [0.3, 0.4) is 0 Å². The van der Waals surface area contributed by atoms with Gasteiger partial charge in [0.2, 0.25) is 5.52 Å². The molecular formula is C19H19N5O3. The first kappa shape index (κ1) is 17.2. The molecule has 0 atom stereocenters. The van der Waals surface area contributed by atoms with Crippen molar-refractivity contribution in [3.8, 4) is 0 Å². The number of nitrogens with zero attached hydrogens (tertiary/aromatic N) is 5. The van der Waals surface area contributed by atoms with Crippen LogP contribution in [0, 0.1) is 10.1 Å². The summed E-state index contributed by atoms with van der Waals surface area (Å²) in [5.41, 5.74) is 2.59. The second-order valence-corrected chi connectivity index (χ2v) is 6.42. The SMILES string of the molecule is O=[N+]([O-])c1ccc(N2CCN(C/C=C/c3ccccc3)CC2)c2nonc12. The number of hydrogen-bond donors (Lipinski definition) is 0. The van der Waals surface area contributed by atoms with Gasteiger partial charge in [0.1, 0.15) is 0 Å². The third-order valence-electron chi connectivity index (χ3n) is 4.76. The molecule has 138 valence electrons. The maximum Gasteiger partial charge on any atom is 0.300 e. The van der Waals surface area contributed by atoms with Crippen molar-refractivity contribution >= 4 is 28.5 Å². The lowest BCUT2D eigenvalue weighted by Crippen LogP contribution is -2.46. The van der Waals surface area contributed by atoms with Crippen molar-refractivity contribution in [1.82, 2.24) is 15.2 Å². The molecule has 0 amide bonds. The Hall–Kier alpha value is -3.26. The molecule has 1 aliphatic rings. The maximum absolute atomic E-state index is 11.1. The average molecular weight is 365 g/mol. The number of hydrogen-bond acceptors (Lipinski definition) is 7. The summed E-state index contributed by atoms with van der Waals surface area (Å²) in [6.07, 6.45) is 4.31. The summed E-state index contributed by atoms with van der Waals surface area (Å²) in [6.45, 7) is 4.34. The lowest BCUT2D eigenvalue weighted by Gasteiger charge is -2.35. The van der Waals surface area contributed by atoms with Crippen LogP contribution in [0.15, 0.2) is 53.2 Å². The normalized spacial score (nSPS) is 15.6. The molecule has 4 rings (SSSR count). The van der Waals surface area contributed by atoms with Crippen molar-refractivity contribution in [2.75, 3.05) is 37.6 Å². The van der Waals surface area contributed by atoms with Gasteiger partial charge >= 0.3 is 5.69 Å². The summed E-state index contributed by atoms with van der Waals surface area (Å²) in [4.78, 5) is 15.2. The van der Waals surface area contributed by atoms with E-state index in [2.05, 4.69) is 44.4 Å². The van der Waals surface area contributed by atoms with Gasteiger partial charge in [0.25, 0.3) is 0 Å². The second kappa shape index (κ2) is 7.55. The van der Waals surface area contributed by atoms with E-state index in [1.807, 2.05) is 18.2 Å². The van der Waals surface area contributed by atoms with Gasteiger partial charge in [-0.1, -0.05) is 42.5 Å². The van der Waals surface area contributed by atoms with Gasteiger partial charge in [-0.15, -0.1) is 0 Å². The molecule has 1 saturated heterocycles. The summed E-state index contributed by atoms with van der Waals surface area (Å²) in [6, 6.07) is 13.4. The third kappa shape index (κ3) is 3.65. The molecule has 3 aromatic rings. The Morgan fingerprint density at radius 2 is 1.78 bits per heavy atom. The second-order valence-electron chi connectivity index (χ2n) is 6.42. The average Bonchev–Trinajstić information content (AvgIpc) is 3.18. The van der Waals surface area contributed by atoms with Gasteiger partial charge in [-0.25, -0.2) is 4.63 Å². The number of nitro groups is 1. The Balaban J connectivity index is 1.40. The molecule has 0 bridgehead atoms. The minimum absolute atomic E-state index is 0.0836. The molecular weight excluding hydrogens is 346 g/mol. The van der Waals surface area contributed by atoms with E-state index in [1.165, 1.54) is 11.6 Å². The van der Waals surface area contributed by atoms with Crippen molar-refractivity contribution < 1.29 is 9.55 Å². The molecule has 2 aromatic carbocycles. The largest absolute Gasteiger partial charge is 0.367 e. The fourth-order valence-electron chi connectivity index (χ4n) is 3.32. The predicted molar refractivity (Wildman–Crippen MR) is 103 cm³/mol. The Kier molecular flexibility index (Phi) is 4.80. The lowest BCUT2D eigenvalue weighted by atomic mass is 10.2. The number of benzene rings is 2. The molecule has 2 heterocycles. The van der Waals surface area contributed by atoms with Crippen molar-refractivity contribution in [3.63, 3.8) is 0 Å². The summed E-state index contributed by atoms with van der Waals surface area (Å²) >= 11 is 0. The molecule has 0 N–H and O–H groups in total. The lowest BCUT2D eigenvalue weighted by molar-refractivity contribution is -0.383. The highest BCUT2D eigenvalue weighted by Gasteiger charge is 2.24. The summed E-state index contributed by atoms with van der Waals surface area (Å²) in [7, 11) is 0. The number of anilines is 1. The van der Waals surface area contributed by atoms with Crippen LogP contribution in [0.2, 0.25) is 0 Å². The van der Waals surface area contributed by atoms with E-state index in [0.29, 0.717) is 5.52 Å². The summed E-state index contributed by atoms with van der Waals surface area (Å²) in [5.74, 6) is 0. The molecule has 0 radical (unpaired) electrons.